The predicted octanol–water partition coefficient (Wildman–Crippen LogP) is 1.26. The van der Waals surface area contributed by atoms with Crippen molar-refractivity contribution >= 4 is 5.78 Å². The van der Waals surface area contributed by atoms with Crippen LogP contribution in [0, 0.1) is 17.8 Å². The molecule has 0 aromatic carbocycles. The molecule has 2 nitrogen and oxygen atoms in total. The molecule has 0 radical (unpaired) electrons. The summed E-state index contributed by atoms with van der Waals surface area (Å²) in [6.45, 7) is 1.79. The van der Waals surface area contributed by atoms with Gasteiger partial charge in [-0.25, -0.2) is 0 Å². The number of hydrogen-bond acceptors (Lipinski definition) is 2. The zero-order valence-electron chi connectivity index (χ0n) is 7.92. The summed E-state index contributed by atoms with van der Waals surface area (Å²) in [5, 5.41) is 0. The monoisotopic (exact) mass is 177 g/mol. The predicted molar refractivity (Wildman–Crippen MR) is 52.9 cm³/mol. The summed E-state index contributed by atoms with van der Waals surface area (Å²) in [4.78, 5) is 11.5. The Hall–Kier alpha value is -1.07. The third-order valence-electron chi connectivity index (χ3n) is 2.20. The average Bonchev–Trinajstić information content (AvgIpc) is 2.52. The van der Waals surface area contributed by atoms with Crippen LogP contribution in [0.5, 0.6) is 0 Å². The number of nitrogens with two attached hydrogens (primary N) is 1. The molecule has 2 unspecified atom stereocenters. The van der Waals surface area contributed by atoms with Crippen LogP contribution in [0.3, 0.4) is 0 Å². The largest absolute Gasteiger partial charge is 0.324 e. The second-order valence-corrected chi connectivity index (χ2v) is 3.28. The molecule has 0 spiro atoms. The lowest BCUT2D eigenvalue weighted by Crippen LogP contribution is -2.18. The van der Waals surface area contributed by atoms with Gasteiger partial charge in [-0.05, 0) is 13.3 Å². The van der Waals surface area contributed by atoms with Gasteiger partial charge in [0.05, 0.1) is 0 Å². The van der Waals surface area contributed by atoms with Gasteiger partial charge in [0, 0.05) is 24.8 Å². The van der Waals surface area contributed by atoms with Crippen molar-refractivity contribution in [2.24, 2.45) is 11.7 Å². The van der Waals surface area contributed by atoms with E-state index >= 15 is 0 Å². The van der Waals surface area contributed by atoms with Crippen molar-refractivity contribution in [1.29, 1.82) is 0 Å². The zero-order chi connectivity index (χ0) is 9.68. The lowest BCUT2D eigenvalue weighted by Gasteiger charge is -2.05. The molecule has 0 fully saturated rings. The van der Waals surface area contributed by atoms with Gasteiger partial charge in [0.25, 0.3) is 0 Å². The highest BCUT2D eigenvalue weighted by molar-refractivity contribution is 5.83. The highest BCUT2D eigenvalue weighted by Crippen LogP contribution is 2.18. The van der Waals surface area contributed by atoms with Crippen molar-refractivity contribution < 1.29 is 4.79 Å². The van der Waals surface area contributed by atoms with Crippen molar-refractivity contribution in [3.8, 4) is 11.8 Å². The molecule has 0 amide bonds. The van der Waals surface area contributed by atoms with Crippen LogP contribution in [0.15, 0.2) is 12.2 Å². The van der Waals surface area contributed by atoms with Gasteiger partial charge >= 0.3 is 0 Å². The topological polar surface area (TPSA) is 43.1 Å². The molecule has 0 bridgehead atoms. The van der Waals surface area contributed by atoms with Crippen LogP contribution >= 0.6 is 0 Å². The maximum Gasteiger partial charge on any atom is 0.140 e. The average molecular weight is 177 g/mol. The molecule has 0 heterocycles. The molecule has 2 atom stereocenters. The molecule has 0 saturated carbocycles. The normalized spacial score (nSPS) is 25.4. The summed E-state index contributed by atoms with van der Waals surface area (Å²) in [6, 6.07) is 0.0752. The van der Waals surface area contributed by atoms with Crippen molar-refractivity contribution in [3.63, 3.8) is 0 Å². The van der Waals surface area contributed by atoms with E-state index in [0.29, 0.717) is 12.8 Å². The first-order valence-electron chi connectivity index (χ1n) is 4.60. The number of rotatable bonds is 3. The summed E-state index contributed by atoms with van der Waals surface area (Å²) in [5.41, 5.74) is 5.65. The molecular weight excluding hydrogens is 162 g/mol. The van der Waals surface area contributed by atoms with Gasteiger partial charge in [0.15, 0.2) is 0 Å². The second kappa shape index (κ2) is 4.84. The highest BCUT2D eigenvalue weighted by atomic mass is 16.1. The van der Waals surface area contributed by atoms with Crippen LogP contribution in [0.2, 0.25) is 0 Å². The summed E-state index contributed by atoms with van der Waals surface area (Å²) in [6.07, 6.45) is 5.84. The van der Waals surface area contributed by atoms with E-state index < -0.39 is 0 Å². The first kappa shape index (κ1) is 10.0. The molecule has 1 rings (SSSR count). The fraction of sp³-hybridized carbons (Fsp3) is 0.545. The van der Waals surface area contributed by atoms with Crippen molar-refractivity contribution in [3.05, 3.63) is 12.2 Å². The first-order valence-corrected chi connectivity index (χ1v) is 4.60. The van der Waals surface area contributed by atoms with Gasteiger partial charge in [-0.15, -0.1) is 11.8 Å². The maximum absolute atomic E-state index is 11.5. The van der Waals surface area contributed by atoms with Gasteiger partial charge in [-0.2, -0.15) is 0 Å². The highest BCUT2D eigenvalue weighted by Gasteiger charge is 2.21. The summed E-state index contributed by atoms with van der Waals surface area (Å²) >= 11 is 0. The minimum Gasteiger partial charge on any atom is -0.324 e. The number of ketones is 1. The number of carbonyl (C=O) groups is 1. The quantitative estimate of drug-likeness (QED) is 0.521. The van der Waals surface area contributed by atoms with Crippen molar-refractivity contribution in [1.82, 2.24) is 0 Å². The second-order valence-electron chi connectivity index (χ2n) is 3.28. The minimum absolute atomic E-state index is 0.0497. The SMILES string of the molecule is CC#CCCC(=O)C1C=CC(N)C1. The molecule has 0 aliphatic heterocycles. The van der Waals surface area contributed by atoms with E-state index in [1.54, 1.807) is 6.92 Å². The number of allylic oxidation sites excluding steroid dienone is 1. The van der Waals surface area contributed by atoms with E-state index in [2.05, 4.69) is 11.8 Å². The van der Waals surface area contributed by atoms with Crippen LogP contribution in [0.1, 0.15) is 26.2 Å². The van der Waals surface area contributed by atoms with E-state index in [1.165, 1.54) is 0 Å². The lowest BCUT2D eigenvalue weighted by atomic mass is 9.99. The Kier molecular flexibility index (Phi) is 3.72. The molecule has 2 N–H and O–H groups in total. The Morgan fingerprint density at radius 3 is 2.92 bits per heavy atom. The first-order chi connectivity index (χ1) is 6.24. The van der Waals surface area contributed by atoms with Crippen LogP contribution in [-0.2, 0) is 4.79 Å². The number of hydrogen-bond donors (Lipinski definition) is 1. The lowest BCUT2D eigenvalue weighted by molar-refractivity contribution is -0.121. The van der Waals surface area contributed by atoms with E-state index in [1.807, 2.05) is 12.2 Å². The molecule has 13 heavy (non-hydrogen) atoms. The maximum atomic E-state index is 11.5. The Balaban J connectivity index is 2.31. The van der Waals surface area contributed by atoms with Crippen LogP contribution in [-0.4, -0.2) is 11.8 Å². The van der Waals surface area contributed by atoms with Crippen LogP contribution in [0.4, 0.5) is 0 Å². The van der Waals surface area contributed by atoms with Crippen LogP contribution in [0.25, 0.3) is 0 Å². The van der Waals surface area contributed by atoms with Gasteiger partial charge in [0.2, 0.25) is 0 Å². The van der Waals surface area contributed by atoms with Gasteiger partial charge in [-0.1, -0.05) is 12.2 Å². The third-order valence-corrected chi connectivity index (χ3v) is 2.20. The summed E-state index contributed by atoms with van der Waals surface area (Å²) in [7, 11) is 0. The zero-order valence-corrected chi connectivity index (χ0v) is 7.92. The molecule has 70 valence electrons. The molecule has 0 saturated heterocycles. The minimum atomic E-state index is 0.0497. The van der Waals surface area contributed by atoms with Gasteiger partial charge < -0.3 is 5.73 Å². The Morgan fingerprint density at radius 2 is 2.38 bits per heavy atom. The van der Waals surface area contributed by atoms with Gasteiger partial charge in [0.1, 0.15) is 5.78 Å². The number of carbonyl (C=O) groups excluding carboxylic acids is 1. The van der Waals surface area contributed by atoms with Crippen molar-refractivity contribution in [2.45, 2.75) is 32.2 Å². The van der Waals surface area contributed by atoms with E-state index in [9.17, 15) is 4.79 Å². The molecular formula is C11H15NO. The molecule has 0 aromatic rings. The van der Waals surface area contributed by atoms with E-state index in [-0.39, 0.29) is 17.7 Å². The Morgan fingerprint density at radius 1 is 1.62 bits per heavy atom. The van der Waals surface area contributed by atoms with E-state index in [0.717, 1.165) is 6.42 Å². The smallest absolute Gasteiger partial charge is 0.140 e. The molecule has 1 aliphatic carbocycles. The van der Waals surface area contributed by atoms with Gasteiger partial charge in [-0.3, -0.25) is 4.79 Å². The van der Waals surface area contributed by atoms with Crippen molar-refractivity contribution in [2.75, 3.05) is 0 Å². The molecule has 1 aliphatic rings. The fourth-order valence-corrected chi connectivity index (χ4v) is 1.46. The van der Waals surface area contributed by atoms with E-state index in [4.69, 9.17) is 5.73 Å². The summed E-state index contributed by atoms with van der Waals surface area (Å²) in [5.74, 6) is 5.99. The third kappa shape index (κ3) is 3.04. The Labute approximate surface area is 79.2 Å². The fourth-order valence-electron chi connectivity index (χ4n) is 1.46. The summed E-state index contributed by atoms with van der Waals surface area (Å²) < 4.78 is 0. The van der Waals surface area contributed by atoms with Crippen LogP contribution < -0.4 is 5.73 Å². The standard InChI is InChI=1S/C11H15NO/c1-2-3-4-5-11(13)9-6-7-10(12)8-9/h6-7,9-10H,4-5,8,12H2,1H3. The Bertz CT molecular complexity index is 270. The molecule has 0 aromatic heterocycles. The molecule has 2 heteroatoms. The number of Topliss-reactive ketones (excluding diaryl/α,β-unsaturated/α-hetero) is 1.